The van der Waals surface area contributed by atoms with Crippen molar-refractivity contribution in [3.63, 3.8) is 0 Å². The first-order valence-electron chi connectivity index (χ1n) is 6.46. The minimum atomic E-state index is -1.53. The molecule has 96 valence electrons. The van der Waals surface area contributed by atoms with E-state index in [0.717, 1.165) is 6.42 Å². The molecule has 1 N–H and O–H groups in total. The zero-order valence-corrected chi connectivity index (χ0v) is 12.8. The zero-order chi connectivity index (χ0) is 13.1. The summed E-state index contributed by atoms with van der Waals surface area (Å²) in [7, 11) is -1.53. The third-order valence-electron chi connectivity index (χ3n) is 3.85. The van der Waals surface area contributed by atoms with E-state index in [0.29, 0.717) is 12.1 Å². The van der Waals surface area contributed by atoms with Crippen LogP contribution in [0.25, 0.3) is 0 Å². The van der Waals surface area contributed by atoms with Gasteiger partial charge in [0.2, 0.25) is 0 Å². The molecule has 0 aliphatic rings. The maximum absolute atomic E-state index is 9.33. The van der Waals surface area contributed by atoms with E-state index >= 15 is 0 Å². The van der Waals surface area contributed by atoms with Crippen molar-refractivity contribution in [1.29, 1.82) is 0 Å². The zero-order valence-electron chi connectivity index (χ0n) is 11.8. The van der Waals surface area contributed by atoms with Crippen LogP contribution in [0.4, 0.5) is 0 Å². The van der Waals surface area contributed by atoms with Gasteiger partial charge in [0.05, 0.1) is 8.07 Å². The fourth-order valence-corrected chi connectivity index (χ4v) is 7.54. The lowest BCUT2D eigenvalue weighted by Gasteiger charge is -2.42. The quantitative estimate of drug-likeness (QED) is 0.812. The van der Waals surface area contributed by atoms with Crippen molar-refractivity contribution in [2.45, 2.75) is 45.8 Å². The van der Waals surface area contributed by atoms with Gasteiger partial charge in [0.15, 0.2) is 0 Å². The molecule has 0 aliphatic heterocycles. The van der Waals surface area contributed by atoms with E-state index in [1.807, 2.05) is 0 Å². The number of benzene rings is 1. The summed E-state index contributed by atoms with van der Waals surface area (Å²) in [5.74, 6) is 0. The predicted molar refractivity (Wildman–Crippen MR) is 78.5 cm³/mol. The summed E-state index contributed by atoms with van der Waals surface area (Å²) in [5, 5.41) is 10.8. The van der Waals surface area contributed by atoms with Crippen LogP contribution in [0.5, 0.6) is 0 Å². The number of aliphatic hydroxyl groups excluding tert-OH is 1. The van der Waals surface area contributed by atoms with Crippen LogP contribution in [0.3, 0.4) is 0 Å². The standard InChI is InChI=1S/C15H26OSi/c1-15(2,3)14(11-12-16)17(4,5)13-9-7-6-8-10-13/h6-10,14,16H,11-12H2,1-5H3/t14-/m0/s1. The Morgan fingerprint density at radius 2 is 1.65 bits per heavy atom. The van der Waals surface area contributed by atoms with Gasteiger partial charge in [-0.1, -0.05) is 69.4 Å². The minimum Gasteiger partial charge on any atom is -0.396 e. The lowest BCUT2D eigenvalue weighted by Crippen LogP contribution is -2.50. The SMILES string of the molecule is CC(C)(C)[C@H](CCO)[Si](C)(C)c1ccccc1. The number of aliphatic hydroxyl groups is 1. The fourth-order valence-electron chi connectivity index (χ4n) is 3.07. The highest BCUT2D eigenvalue weighted by Gasteiger charge is 2.40. The Labute approximate surface area is 107 Å². The molecule has 1 nitrogen and oxygen atoms in total. The average molecular weight is 250 g/mol. The fraction of sp³-hybridized carbons (Fsp3) is 0.600. The molecule has 0 saturated heterocycles. The first-order chi connectivity index (χ1) is 7.80. The molecule has 17 heavy (non-hydrogen) atoms. The van der Waals surface area contributed by atoms with Crippen LogP contribution in [-0.2, 0) is 0 Å². The van der Waals surface area contributed by atoms with Gasteiger partial charge in [0.25, 0.3) is 0 Å². The second-order valence-electron chi connectivity index (χ2n) is 6.52. The molecule has 0 heterocycles. The van der Waals surface area contributed by atoms with Crippen molar-refractivity contribution in [2.24, 2.45) is 5.41 Å². The largest absolute Gasteiger partial charge is 0.396 e. The van der Waals surface area contributed by atoms with Crippen molar-refractivity contribution in [3.05, 3.63) is 30.3 Å². The smallest absolute Gasteiger partial charge is 0.0842 e. The molecule has 0 aliphatic carbocycles. The molecular weight excluding hydrogens is 224 g/mol. The summed E-state index contributed by atoms with van der Waals surface area (Å²) in [4.78, 5) is 0. The Morgan fingerprint density at radius 3 is 2.06 bits per heavy atom. The minimum absolute atomic E-state index is 0.258. The van der Waals surface area contributed by atoms with E-state index in [-0.39, 0.29) is 5.41 Å². The molecule has 2 heteroatoms. The Kier molecular flexibility index (Phi) is 4.56. The van der Waals surface area contributed by atoms with Gasteiger partial charge < -0.3 is 5.11 Å². The summed E-state index contributed by atoms with van der Waals surface area (Å²) in [6.07, 6.45) is 0.914. The lowest BCUT2D eigenvalue weighted by molar-refractivity contribution is 0.248. The molecule has 1 aromatic carbocycles. The van der Waals surface area contributed by atoms with Gasteiger partial charge in [-0.25, -0.2) is 0 Å². The number of hydrogen-bond donors (Lipinski definition) is 1. The predicted octanol–water partition coefficient (Wildman–Crippen LogP) is 3.40. The van der Waals surface area contributed by atoms with Crippen LogP contribution in [0.1, 0.15) is 27.2 Å². The maximum atomic E-state index is 9.33. The van der Waals surface area contributed by atoms with E-state index in [2.05, 4.69) is 64.2 Å². The second kappa shape index (κ2) is 5.36. The average Bonchev–Trinajstić information content (AvgIpc) is 2.25. The van der Waals surface area contributed by atoms with Crippen LogP contribution in [0.15, 0.2) is 30.3 Å². The van der Waals surface area contributed by atoms with E-state index < -0.39 is 8.07 Å². The molecule has 0 unspecified atom stereocenters. The topological polar surface area (TPSA) is 20.2 Å². The Balaban J connectivity index is 3.09. The van der Waals surface area contributed by atoms with Crippen molar-refractivity contribution in [2.75, 3.05) is 6.61 Å². The van der Waals surface area contributed by atoms with Gasteiger partial charge >= 0.3 is 0 Å². The number of rotatable bonds is 4. The van der Waals surface area contributed by atoms with E-state index in [1.54, 1.807) is 0 Å². The third-order valence-corrected chi connectivity index (χ3v) is 8.57. The molecule has 0 radical (unpaired) electrons. The lowest BCUT2D eigenvalue weighted by atomic mass is 9.90. The third kappa shape index (κ3) is 3.43. The molecule has 1 rings (SSSR count). The molecule has 0 spiro atoms. The normalized spacial score (nSPS) is 14.7. The summed E-state index contributed by atoms with van der Waals surface area (Å²) in [6.45, 7) is 12.0. The Morgan fingerprint density at radius 1 is 1.12 bits per heavy atom. The summed E-state index contributed by atoms with van der Waals surface area (Å²) in [6, 6.07) is 10.8. The summed E-state index contributed by atoms with van der Waals surface area (Å²) < 4.78 is 0. The summed E-state index contributed by atoms with van der Waals surface area (Å²) in [5.41, 5.74) is 0.858. The first kappa shape index (κ1) is 14.5. The highest BCUT2D eigenvalue weighted by atomic mass is 28.3. The highest BCUT2D eigenvalue weighted by Crippen LogP contribution is 2.41. The van der Waals surface area contributed by atoms with E-state index in [4.69, 9.17) is 0 Å². The van der Waals surface area contributed by atoms with Crippen LogP contribution < -0.4 is 5.19 Å². The Bertz CT molecular complexity index is 338. The molecule has 0 bridgehead atoms. The van der Waals surface area contributed by atoms with Gasteiger partial charge in [-0.3, -0.25) is 0 Å². The summed E-state index contributed by atoms with van der Waals surface area (Å²) >= 11 is 0. The van der Waals surface area contributed by atoms with Crippen molar-refractivity contribution in [1.82, 2.24) is 0 Å². The van der Waals surface area contributed by atoms with Gasteiger partial charge in [0, 0.05) is 6.61 Å². The second-order valence-corrected chi connectivity index (χ2v) is 11.2. The molecule has 0 fully saturated rings. The van der Waals surface area contributed by atoms with Crippen molar-refractivity contribution >= 4 is 13.3 Å². The maximum Gasteiger partial charge on any atom is 0.0842 e. The van der Waals surface area contributed by atoms with Gasteiger partial charge in [0.1, 0.15) is 0 Å². The van der Waals surface area contributed by atoms with Gasteiger partial charge in [-0.2, -0.15) is 0 Å². The molecule has 0 saturated carbocycles. The first-order valence-corrected chi connectivity index (χ1v) is 9.54. The molecule has 1 aromatic rings. The molecular formula is C15H26OSi. The van der Waals surface area contributed by atoms with Crippen LogP contribution in [-0.4, -0.2) is 19.8 Å². The monoisotopic (exact) mass is 250 g/mol. The Hall–Kier alpha value is -0.603. The molecule has 1 atom stereocenters. The van der Waals surface area contributed by atoms with Crippen LogP contribution in [0, 0.1) is 5.41 Å². The number of hydrogen-bond acceptors (Lipinski definition) is 1. The van der Waals surface area contributed by atoms with Crippen molar-refractivity contribution in [3.8, 4) is 0 Å². The van der Waals surface area contributed by atoms with Gasteiger partial charge in [-0.05, 0) is 17.4 Å². The van der Waals surface area contributed by atoms with Crippen molar-refractivity contribution < 1.29 is 5.11 Å². The van der Waals surface area contributed by atoms with E-state index in [9.17, 15) is 5.11 Å². The van der Waals surface area contributed by atoms with Gasteiger partial charge in [-0.15, -0.1) is 0 Å². The molecule has 0 aromatic heterocycles. The van der Waals surface area contributed by atoms with Crippen LogP contribution >= 0.6 is 0 Å². The van der Waals surface area contributed by atoms with Crippen LogP contribution in [0.2, 0.25) is 18.6 Å². The van der Waals surface area contributed by atoms with E-state index in [1.165, 1.54) is 5.19 Å². The highest BCUT2D eigenvalue weighted by molar-refractivity contribution is 6.91. The molecule has 0 amide bonds.